The zero-order valence-corrected chi connectivity index (χ0v) is 10.8. The Morgan fingerprint density at radius 2 is 2.00 bits per heavy atom. The Kier molecular flexibility index (Phi) is 2.41. The van der Waals surface area contributed by atoms with Crippen LogP contribution in [0, 0.1) is 0 Å². The fraction of sp³-hybridized carbons (Fsp3) is 0. The number of H-pyrrole nitrogens is 1. The number of aromatic nitrogens is 4. The minimum atomic E-state index is 0.379. The van der Waals surface area contributed by atoms with Crippen molar-refractivity contribution in [2.45, 2.75) is 0 Å². The van der Waals surface area contributed by atoms with E-state index < -0.39 is 0 Å². The number of fused-ring (bicyclic) bond motifs is 1. The highest BCUT2D eigenvalue weighted by molar-refractivity contribution is 9.10. The average molecular weight is 305 g/mol. The van der Waals surface area contributed by atoms with Crippen LogP contribution >= 0.6 is 15.9 Å². The number of benzene rings is 1. The van der Waals surface area contributed by atoms with E-state index in [1.807, 2.05) is 18.2 Å². The Morgan fingerprint density at radius 1 is 1.17 bits per heavy atom. The van der Waals surface area contributed by atoms with E-state index in [2.05, 4.69) is 35.9 Å². The van der Waals surface area contributed by atoms with Gasteiger partial charge < -0.3 is 16.5 Å². The third-order valence-corrected chi connectivity index (χ3v) is 3.31. The Hall–Kier alpha value is -2.15. The summed E-state index contributed by atoms with van der Waals surface area (Å²) in [6.45, 7) is 0. The predicted molar refractivity (Wildman–Crippen MR) is 73.6 cm³/mol. The summed E-state index contributed by atoms with van der Waals surface area (Å²) in [4.78, 5) is 15.4. The number of nitrogens with two attached hydrogens (primary N) is 2. The molecule has 0 spiro atoms. The summed E-state index contributed by atoms with van der Waals surface area (Å²) >= 11 is 3.35. The molecule has 1 aromatic carbocycles. The number of nitrogen functional groups attached to an aromatic ring is 2. The summed E-state index contributed by atoms with van der Waals surface area (Å²) in [5, 5.41) is 0. The maximum absolute atomic E-state index is 5.84. The number of nitrogens with one attached hydrogen (secondary N) is 1. The van der Waals surface area contributed by atoms with E-state index in [1.165, 1.54) is 6.33 Å². The van der Waals surface area contributed by atoms with Crippen LogP contribution in [0.15, 0.2) is 29.0 Å². The lowest BCUT2D eigenvalue weighted by molar-refractivity contribution is 1.21. The lowest BCUT2D eigenvalue weighted by atomic mass is 10.2. The fourth-order valence-corrected chi connectivity index (χ4v) is 1.92. The molecule has 0 bridgehead atoms. The molecule has 0 radical (unpaired) electrons. The van der Waals surface area contributed by atoms with Gasteiger partial charge in [-0.25, -0.2) is 15.0 Å². The van der Waals surface area contributed by atoms with Gasteiger partial charge in [0, 0.05) is 15.7 Å². The highest BCUT2D eigenvalue weighted by Gasteiger charge is 2.09. The highest BCUT2D eigenvalue weighted by Crippen LogP contribution is 2.27. The first kappa shape index (κ1) is 11.0. The first-order valence-corrected chi connectivity index (χ1v) is 5.96. The van der Waals surface area contributed by atoms with Crippen LogP contribution in [-0.2, 0) is 0 Å². The van der Waals surface area contributed by atoms with E-state index in [4.69, 9.17) is 11.5 Å². The number of hydrogen-bond donors (Lipinski definition) is 3. The van der Waals surface area contributed by atoms with Crippen LogP contribution in [0.3, 0.4) is 0 Å². The van der Waals surface area contributed by atoms with E-state index in [9.17, 15) is 0 Å². The third kappa shape index (κ3) is 1.68. The molecule has 90 valence electrons. The molecule has 7 heteroatoms. The van der Waals surface area contributed by atoms with Gasteiger partial charge in [-0.15, -0.1) is 0 Å². The van der Waals surface area contributed by atoms with Crippen molar-refractivity contribution in [1.82, 2.24) is 19.9 Å². The van der Waals surface area contributed by atoms with Crippen molar-refractivity contribution < 1.29 is 0 Å². The molecule has 0 aliphatic carbocycles. The maximum Gasteiger partial charge on any atom is 0.183 e. The smallest absolute Gasteiger partial charge is 0.183 e. The summed E-state index contributed by atoms with van der Waals surface area (Å²) in [6.07, 6.45) is 1.39. The third-order valence-electron chi connectivity index (χ3n) is 2.59. The van der Waals surface area contributed by atoms with Gasteiger partial charge in [0.25, 0.3) is 0 Å². The van der Waals surface area contributed by atoms with Crippen molar-refractivity contribution >= 4 is 38.6 Å². The summed E-state index contributed by atoms with van der Waals surface area (Å²) in [7, 11) is 0. The number of nitrogens with zero attached hydrogens (tertiary/aromatic N) is 3. The van der Waals surface area contributed by atoms with E-state index in [-0.39, 0.29) is 0 Å². The van der Waals surface area contributed by atoms with Crippen LogP contribution in [-0.4, -0.2) is 19.9 Å². The van der Waals surface area contributed by atoms with Gasteiger partial charge in [0.05, 0.1) is 0 Å². The number of anilines is 2. The molecule has 0 amide bonds. The number of aromatic amines is 1. The standard InChI is InChI=1S/C11H9BrN6/c12-6-2-1-5(3-7(6)13)10-17-8-9(14)15-4-16-11(8)18-10/h1-4H,13H2,(H3,14,15,16,17,18). The normalized spacial score (nSPS) is 10.9. The van der Waals surface area contributed by atoms with Gasteiger partial charge >= 0.3 is 0 Å². The van der Waals surface area contributed by atoms with E-state index in [1.54, 1.807) is 0 Å². The minimum absolute atomic E-state index is 0.379. The molecule has 0 saturated heterocycles. The summed E-state index contributed by atoms with van der Waals surface area (Å²) in [6, 6.07) is 5.60. The second-order valence-corrected chi connectivity index (χ2v) is 4.63. The number of rotatable bonds is 1. The molecule has 0 aliphatic rings. The Bertz CT molecular complexity index is 735. The predicted octanol–water partition coefficient (Wildman–Crippen LogP) is 1.95. The zero-order valence-electron chi connectivity index (χ0n) is 9.18. The molecule has 0 atom stereocenters. The van der Waals surface area contributed by atoms with Gasteiger partial charge in [-0.2, -0.15) is 0 Å². The largest absolute Gasteiger partial charge is 0.398 e. The number of hydrogen-bond acceptors (Lipinski definition) is 5. The SMILES string of the molecule is Nc1cc(-c2nc3ncnc(N)c3[nH]2)ccc1Br. The summed E-state index contributed by atoms with van der Waals surface area (Å²) < 4.78 is 0.849. The Balaban J connectivity index is 2.19. The quantitative estimate of drug-likeness (QED) is 0.596. The molecule has 3 rings (SSSR count). The topological polar surface area (TPSA) is 106 Å². The highest BCUT2D eigenvalue weighted by atomic mass is 79.9. The lowest BCUT2D eigenvalue weighted by Crippen LogP contribution is -1.91. The summed E-state index contributed by atoms with van der Waals surface area (Å²) in [5.41, 5.74) is 14.3. The number of halogens is 1. The van der Waals surface area contributed by atoms with Crippen molar-refractivity contribution in [1.29, 1.82) is 0 Å². The minimum Gasteiger partial charge on any atom is -0.398 e. The molecular weight excluding hydrogens is 296 g/mol. The van der Waals surface area contributed by atoms with E-state index >= 15 is 0 Å². The van der Waals surface area contributed by atoms with Crippen LogP contribution in [0.25, 0.3) is 22.6 Å². The second kappa shape index (κ2) is 3.95. The van der Waals surface area contributed by atoms with Crippen LogP contribution in [0.2, 0.25) is 0 Å². The molecule has 0 fully saturated rings. The Morgan fingerprint density at radius 3 is 2.72 bits per heavy atom. The van der Waals surface area contributed by atoms with Crippen LogP contribution in [0.4, 0.5) is 11.5 Å². The van der Waals surface area contributed by atoms with Crippen molar-refractivity contribution in [2.24, 2.45) is 0 Å². The van der Waals surface area contributed by atoms with Gasteiger partial charge in [0.15, 0.2) is 11.5 Å². The molecule has 2 aromatic heterocycles. The van der Waals surface area contributed by atoms with Crippen LogP contribution in [0.5, 0.6) is 0 Å². The average Bonchev–Trinajstić information content (AvgIpc) is 2.78. The van der Waals surface area contributed by atoms with E-state index in [0.29, 0.717) is 28.5 Å². The van der Waals surface area contributed by atoms with E-state index in [0.717, 1.165) is 10.0 Å². The Labute approximate surface area is 111 Å². The molecule has 0 aliphatic heterocycles. The lowest BCUT2D eigenvalue weighted by Gasteiger charge is -2.00. The van der Waals surface area contributed by atoms with Crippen molar-refractivity contribution in [3.05, 3.63) is 29.0 Å². The van der Waals surface area contributed by atoms with Crippen molar-refractivity contribution in [3.63, 3.8) is 0 Å². The van der Waals surface area contributed by atoms with Crippen molar-refractivity contribution in [2.75, 3.05) is 11.5 Å². The first-order valence-electron chi connectivity index (χ1n) is 5.17. The molecule has 0 unspecified atom stereocenters. The molecule has 18 heavy (non-hydrogen) atoms. The molecule has 2 heterocycles. The van der Waals surface area contributed by atoms with Gasteiger partial charge in [0.1, 0.15) is 17.7 Å². The molecule has 5 N–H and O–H groups in total. The van der Waals surface area contributed by atoms with Gasteiger partial charge in [0.2, 0.25) is 0 Å². The van der Waals surface area contributed by atoms with Crippen molar-refractivity contribution in [3.8, 4) is 11.4 Å². The van der Waals surface area contributed by atoms with Crippen LogP contribution in [0.1, 0.15) is 0 Å². The fourth-order valence-electron chi connectivity index (χ4n) is 1.67. The molecule has 6 nitrogen and oxygen atoms in total. The summed E-state index contributed by atoms with van der Waals surface area (Å²) in [5.74, 6) is 1.04. The monoisotopic (exact) mass is 304 g/mol. The molecule has 0 saturated carbocycles. The van der Waals surface area contributed by atoms with Gasteiger partial charge in [-0.3, -0.25) is 0 Å². The second-order valence-electron chi connectivity index (χ2n) is 3.78. The first-order chi connectivity index (χ1) is 8.65. The zero-order chi connectivity index (χ0) is 12.7. The molecular formula is C11H9BrN6. The van der Waals surface area contributed by atoms with Gasteiger partial charge in [-0.1, -0.05) is 0 Å². The number of imidazole rings is 1. The molecule has 3 aromatic rings. The van der Waals surface area contributed by atoms with Crippen LogP contribution < -0.4 is 11.5 Å². The maximum atomic E-state index is 5.84. The van der Waals surface area contributed by atoms with Gasteiger partial charge in [-0.05, 0) is 34.1 Å².